The van der Waals surface area contributed by atoms with E-state index in [1.54, 1.807) is 24.4 Å². The first kappa shape index (κ1) is 22.9. The minimum absolute atomic E-state index is 0.169. The van der Waals surface area contributed by atoms with Gasteiger partial charge in [0.15, 0.2) is 5.76 Å². The van der Waals surface area contributed by atoms with E-state index in [1.807, 2.05) is 55.5 Å². The summed E-state index contributed by atoms with van der Waals surface area (Å²) in [6, 6.07) is 20.1. The minimum Gasteiger partial charge on any atom is -0.494 e. The predicted molar refractivity (Wildman–Crippen MR) is 132 cm³/mol. The third-order valence-corrected chi connectivity index (χ3v) is 5.54. The fraction of sp³-hybridized carbons (Fsp3) is 0.120. The maximum atomic E-state index is 12.4. The van der Waals surface area contributed by atoms with Crippen molar-refractivity contribution in [2.24, 2.45) is 5.10 Å². The van der Waals surface area contributed by atoms with Crippen LogP contribution in [0.15, 0.2) is 80.7 Å². The van der Waals surface area contributed by atoms with Gasteiger partial charge in [0.05, 0.1) is 17.3 Å². The summed E-state index contributed by atoms with van der Waals surface area (Å²) in [5.74, 6) is 1.15. The van der Waals surface area contributed by atoms with Crippen molar-refractivity contribution in [2.45, 2.75) is 13.5 Å². The van der Waals surface area contributed by atoms with E-state index in [9.17, 15) is 4.79 Å². The van der Waals surface area contributed by atoms with Gasteiger partial charge >= 0.3 is 5.91 Å². The predicted octanol–water partition coefficient (Wildman–Crippen LogP) is 6.59. The molecule has 0 aliphatic rings. The molecule has 0 radical (unpaired) electrons. The fourth-order valence-electron chi connectivity index (χ4n) is 3.07. The first-order valence-electron chi connectivity index (χ1n) is 10.2. The molecule has 1 amide bonds. The average Bonchev–Trinajstić information content (AvgIpc) is 3.23. The summed E-state index contributed by atoms with van der Waals surface area (Å²) in [5.41, 5.74) is 4.88. The van der Waals surface area contributed by atoms with Crippen LogP contribution in [0.4, 0.5) is 0 Å². The molecule has 4 aromatic rings. The van der Waals surface area contributed by atoms with Gasteiger partial charge in [0.2, 0.25) is 0 Å². The Morgan fingerprint density at radius 1 is 1.09 bits per heavy atom. The Kier molecular flexibility index (Phi) is 7.32. The highest BCUT2D eigenvalue weighted by Gasteiger charge is 2.12. The number of furan rings is 1. The molecule has 4 rings (SSSR count). The summed E-state index contributed by atoms with van der Waals surface area (Å²) in [4.78, 5) is 12.4. The highest BCUT2D eigenvalue weighted by molar-refractivity contribution is 9.10. The van der Waals surface area contributed by atoms with Crippen LogP contribution in [0.2, 0.25) is 5.02 Å². The number of carbonyl (C=O) groups is 1. The molecule has 0 bridgehead atoms. The molecule has 3 aromatic carbocycles. The molecule has 0 atom stereocenters. The molecule has 0 aliphatic carbocycles. The Morgan fingerprint density at radius 3 is 2.67 bits per heavy atom. The van der Waals surface area contributed by atoms with Crippen molar-refractivity contribution in [3.63, 3.8) is 0 Å². The van der Waals surface area contributed by atoms with Gasteiger partial charge in [-0.2, -0.15) is 5.10 Å². The van der Waals surface area contributed by atoms with E-state index < -0.39 is 5.91 Å². The third-order valence-electron chi connectivity index (χ3n) is 4.67. The number of ether oxygens (including phenoxy) is 2. The van der Waals surface area contributed by atoms with Gasteiger partial charge in [0, 0.05) is 10.4 Å². The van der Waals surface area contributed by atoms with Crippen molar-refractivity contribution >= 4 is 50.6 Å². The van der Waals surface area contributed by atoms with Crippen LogP contribution in [0.5, 0.6) is 11.5 Å². The number of nitrogens with one attached hydrogen (secondary N) is 1. The molecule has 1 N–H and O–H groups in total. The molecule has 8 heteroatoms. The van der Waals surface area contributed by atoms with Crippen LogP contribution in [0.1, 0.15) is 28.6 Å². The number of hydrazone groups is 1. The van der Waals surface area contributed by atoms with E-state index >= 15 is 0 Å². The summed E-state index contributed by atoms with van der Waals surface area (Å²) in [6.45, 7) is 2.90. The molecular weight excluding hydrogens is 508 g/mol. The van der Waals surface area contributed by atoms with Gasteiger partial charge in [-0.1, -0.05) is 23.7 Å². The first-order chi connectivity index (χ1) is 16.0. The SMILES string of the molecule is CCOc1ccc2oc(C(=O)N/N=C/c3ccc(OCc4ccc(Cl)cc4)c(Br)c3)cc2c1. The second-order valence-electron chi connectivity index (χ2n) is 7.05. The standard InChI is InChI=1S/C25H20BrClN2O4/c1-2-31-20-8-10-22-18(12-20)13-24(33-22)25(30)29-28-14-17-5-9-23(21(26)11-17)32-15-16-3-6-19(27)7-4-16/h3-14H,2,15H2,1H3,(H,29,30)/b28-14+. The summed E-state index contributed by atoms with van der Waals surface area (Å²) >= 11 is 9.41. The second kappa shape index (κ2) is 10.6. The van der Waals surface area contributed by atoms with Crippen molar-refractivity contribution in [1.82, 2.24) is 5.43 Å². The van der Waals surface area contributed by atoms with E-state index in [0.29, 0.717) is 29.6 Å². The van der Waals surface area contributed by atoms with Gasteiger partial charge in [0.1, 0.15) is 23.7 Å². The van der Waals surface area contributed by atoms with Gasteiger partial charge in [-0.25, -0.2) is 5.43 Å². The first-order valence-corrected chi connectivity index (χ1v) is 11.4. The van der Waals surface area contributed by atoms with Crippen molar-refractivity contribution in [3.05, 3.63) is 93.1 Å². The molecule has 1 aromatic heterocycles. The van der Waals surface area contributed by atoms with Crippen molar-refractivity contribution in [1.29, 1.82) is 0 Å². The lowest BCUT2D eigenvalue weighted by atomic mass is 10.2. The topological polar surface area (TPSA) is 73.1 Å². The number of carbonyl (C=O) groups excluding carboxylic acids is 1. The lowest BCUT2D eigenvalue weighted by molar-refractivity contribution is 0.0929. The van der Waals surface area contributed by atoms with Crippen LogP contribution in [-0.4, -0.2) is 18.7 Å². The van der Waals surface area contributed by atoms with Gasteiger partial charge < -0.3 is 13.9 Å². The summed E-state index contributed by atoms with van der Waals surface area (Å²) in [7, 11) is 0. The third kappa shape index (κ3) is 5.94. The lowest BCUT2D eigenvalue weighted by Crippen LogP contribution is -2.16. The van der Waals surface area contributed by atoms with Crippen LogP contribution in [-0.2, 0) is 6.61 Å². The molecule has 0 aliphatic heterocycles. The maximum absolute atomic E-state index is 12.4. The number of hydrogen-bond donors (Lipinski definition) is 1. The van der Waals surface area contributed by atoms with E-state index in [1.165, 1.54) is 0 Å². The molecule has 0 unspecified atom stereocenters. The molecule has 0 spiro atoms. The fourth-order valence-corrected chi connectivity index (χ4v) is 3.70. The number of benzene rings is 3. The molecule has 0 saturated heterocycles. The normalized spacial score (nSPS) is 11.1. The maximum Gasteiger partial charge on any atom is 0.307 e. The Morgan fingerprint density at radius 2 is 1.91 bits per heavy atom. The average molecular weight is 528 g/mol. The second-order valence-corrected chi connectivity index (χ2v) is 8.34. The van der Waals surface area contributed by atoms with Crippen molar-refractivity contribution in [2.75, 3.05) is 6.61 Å². The molecule has 33 heavy (non-hydrogen) atoms. The molecule has 168 valence electrons. The van der Waals surface area contributed by atoms with E-state index in [-0.39, 0.29) is 5.76 Å². The van der Waals surface area contributed by atoms with E-state index in [4.69, 9.17) is 25.5 Å². The van der Waals surface area contributed by atoms with Crippen LogP contribution in [0.25, 0.3) is 11.0 Å². The zero-order chi connectivity index (χ0) is 23.2. The number of rotatable bonds is 8. The van der Waals surface area contributed by atoms with Gasteiger partial charge in [-0.15, -0.1) is 0 Å². The van der Waals surface area contributed by atoms with Crippen LogP contribution >= 0.6 is 27.5 Å². The lowest BCUT2D eigenvalue weighted by Gasteiger charge is -2.09. The number of halogens is 2. The van der Waals surface area contributed by atoms with Crippen molar-refractivity contribution < 1.29 is 18.7 Å². The molecule has 6 nitrogen and oxygen atoms in total. The van der Waals surface area contributed by atoms with Gasteiger partial charge in [-0.3, -0.25) is 4.79 Å². The smallest absolute Gasteiger partial charge is 0.307 e. The van der Waals surface area contributed by atoms with Crippen LogP contribution in [0, 0.1) is 0 Å². The summed E-state index contributed by atoms with van der Waals surface area (Å²) in [6.07, 6.45) is 1.54. The summed E-state index contributed by atoms with van der Waals surface area (Å²) < 4.78 is 17.7. The monoisotopic (exact) mass is 526 g/mol. The zero-order valence-electron chi connectivity index (χ0n) is 17.7. The number of nitrogens with zero attached hydrogens (tertiary/aromatic N) is 1. The Labute approximate surface area is 204 Å². The van der Waals surface area contributed by atoms with E-state index in [2.05, 4.69) is 26.5 Å². The molecule has 0 fully saturated rings. The molecular formula is C25H20BrClN2O4. The number of amides is 1. The molecule has 1 heterocycles. The Hall–Kier alpha value is -3.29. The highest BCUT2D eigenvalue weighted by Crippen LogP contribution is 2.27. The number of fused-ring (bicyclic) bond motifs is 1. The van der Waals surface area contributed by atoms with Gasteiger partial charge in [-0.05, 0) is 88.6 Å². The zero-order valence-corrected chi connectivity index (χ0v) is 20.0. The minimum atomic E-state index is -0.442. The quantitative estimate of drug-likeness (QED) is 0.207. The Bertz CT molecular complexity index is 1300. The van der Waals surface area contributed by atoms with Gasteiger partial charge in [0.25, 0.3) is 0 Å². The highest BCUT2D eigenvalue weighted by atomic mass is 79.9. The number of hydrogen-bond acceptors (Lipinski definition) is 5. The van der Waals surface area contributed by atoms with Crippen LogP contribution in [0.3, 0.4) is 0 Å². The van der Waals surface area contributed by atoms with E-state index in [0.717, 1.165) is 26.7 Å². The van der Waals surface area contributed by atoms with Crippen LogP contribution < -0.4 is 14.9 Å². The molecule has 0 saturated carbocycles. The largest absolute Gasteiger partial charge is 0.494 e. The summed E-state index contributed by atoms with van der Waals surface area (Å²) in [5, 5.41) is 5.50. The van der Waals surface area contributed by atoms with Crippen molar-refractivity contribution in [3.8, 4) is 11.5 Å². The Balaban J connectivity index is 1.35.